The van der Waals surface area contributed by atoms with Crippen LogP contribution in [0.3, 0.4) is 0 Å². The average Bonchev–Trinajstić information content (AvgIpc) is 4.23. The topological polar surface area (TPSA) is 178 Å². The molecule has 1 unspecified atom stereocenters. The fourth-order valence-electron chi connectivity index (χ4n) is 11.2. The Kier molecular flexibility index (Phi) is 11.0. The number of benzene rings is 5. The van der Waals surface area contributed by atoms with Gasteiger partial charge in [0.1, 0.15) is 23.7 Å². The number of alkyl carbamates (subject to hydrolysis) is 1. The van der Waals surface area contributed by atoms with Crippen molar-refractivity contribution in [3.63, 3.8) is 0 Å². The molecule has 4 N–H and O–H groups in total. The lowest BCUT2D eigenvalue weighted by Crippen LogP contribution is -2.54. The van der Waals surface area contributed by atoms with Crippen LogP contribution in [0, 0.1) is 11.8 Å². The summed E-state index contributed by atoms with van der Waals surface area (Å²) in [6.07, 6.45) is 3.87. The summed E-state index contributed by atoms with van der Waals surface area (Å²) in [5, 5.41) is 9.99. The largest absolute Gasteiger partial charge is 0.453 e. The molecule has 5 aromatic carbocycles. The highest BCUT2D eigenvalue weighted by Gasteiger charge is 2.51. The second-order valence-electron chi connectivity index (χ2n) is 18.9. The number of aromatic nitrogens is 4. The molecule has 3 saturated heterocycles. The number of carbonyl (C=O) groups excluding carboxylic acids is 4. The average molecular weight is 902 g/mol. The zero-order chi connectivity index (χ0) is 45.9. The Labute approximate surface area is 387 Å². The Morgan fingerprint density at radius 1 is 0.746 bits per heavy atom. The van der Waals surface area contributed by atoms with Gasteiger partial charge in [0, 0.05) is 36.4 Å². The molecular weight excluding hydrogens is 847 g/mol. The molecule has 0 radical (unpaired) electrons. The highest BCUT2D eigenvalue weighted by molar-refractivity contribution is 6.07. The number of amides is 5. The number of imidazole rings is 2. The first kappa shape index (κ1) is 42.6. The van der Waals surface area contributed by atoms with Crippen LogP contribution < -0.4 is 10.6 Å². The molecule has 344 valence electrons. The number of methoxy groups -OCH3 is 1. The third-order valence-electron chi connectivity index (χ3n) is 14.6. The lowest BCUT2D eigenvalue weighted by Gasteiger charge is -2.37. The van der Waals surface area contributed by atoms with Gasteiger partial charge in [-0.15, -0.1) is 0 Å². The van der Waals surface area contributed by atoms with Crippen molar-refractivity contribution in [1.29, 1.82) is 0 Å². The second-order valence-corrected chi connectivity index (χ2v) is 18.9. The summed E-state index contributed by atoms with van der Waals surface area (Å²) in [6, 6.07) is 28.6. The Balaban J connectivity index is 0.851. The molecule has 0 spiro atoms. The van der Waals surface area contributed by atoms with Gasteiger partial charge in [-0.3, -0.25) is 9.59 Å². The number of H-pyrrole nitrogens is 2. The van der Waals surface area contributed by atoms with Crippen molar-refractivity contribution in [2.24, 2.45) is 11.8 Å². The van der Waals surface area contributed by atoms with Crippen LogP contribution in [0.15, 0.2) is 91.0 Å². The highest BCUT2D eigenvalue weighted by atomic mass is 16.5. The van der Waals surface area contributed by atoms with Crippen LogP contribution in [-0.4, -0.2) is 111 Å². The quantitative estimate of drug-likeness (QED) is 0.112. The zero-order valence-electron chi connectivity index (χ0n) is 38.0. The smallest absolute Gasteiger partial charge is 0.407 e. The molecule has 15 heteroatoms. The third-order valence-corrected chi connectivity index (χ3v) is 14.6. The van der Waals surface area contributed by atoms with Gasteiger partial charge in [-0.25, -0.2) is 19.6 Å². The van der Waals surface area contributed by atoms with Crippen molar-refractivity contribution in [3.8, 4) is 11.1 Å². The van der Waals surface area contributed by atoms with Gasteiger partial charge in [0.15, 0.2) is 0 Å². The van der Waals surface area contributed by atoms with Gasteiger partial charge in [0.05, 0.1) is 54.5 Å². The summed E-state index contributed by atoms with van der Waals surface area (Å²) in [5.41, 5.74) is 6.42. The fraction of sp³-hybridized carbons (Fsp3) is 0.385. The molecule has 1 aliphatic carbocycles. The second kappa shape index (κ2) is 17.3. The van der Waals surface area contributed by atoms with Gasteiger partial charge in [0.25, 0.3) is 0 Å². The van der Waals surface area contributed by atoms with Crippen LogP contribution in [0.4, 0.5) is 9.59 Å². The Bertz CT molecular complexity index is 3050. The van der Waals surface area contributed by atoms with E-state index in [1.165, 1.54) is 7.11 Å². The van der Waals surface area contributed by atoms with Crippen LogP contribution >= 0.6 is 0 Å². The number of urea groups is 1. The summed E-state index contributed by atoms with van der Waals surface area (Å²) in [5.74, 6) is 1.45. The molecule has 2 aromatic heterocycles. The number of morpholine rings is 1. The SMILES string of the molecule is COC(=O)NC(C(=O)N1[C@@H]2CC[C@@H](C2)[C@H]1c1nc2c(ccc3cc(-c4ccc5c(ccc6[nH]c([C@@H]7CCCN7C(=O)[C@H](NC(=O)N7CCOCC7)c7ccccc7)nc65)c4)ccc32)[nH]1)C(C)C. The summed E-state index contributed by atoms with van der Waals surface area (Å²) in [4.78, 5) is 77.4. The van der Waals surface area contributed by atoms with Crippen LogP contribution in [0.1, 0.15) is 81.3 Å². The van der Waals surface area contributed by atoms with E-state index in [-0.39, 0.29) is 41.9 Å². The maximum absolute atomic E-state index is 14.5. The molecule has 4 aliphatic rings. The minimum atomic E-state index is -0.837. The zero-order valence-corrected chi connectivity index (χ0v) is 38.0. The van der Waals surface area contributed by atoms with Crippen molar-refractivity contribution in [1.82, 2.24) is 45.3 Å². The van der Waals surface area contributed by atoms with E-state index in [1.54, 1.807) is 4.90 Å². The van der Waals surface area contributed by atoms with E-state index >= 15 is 0 Å². The molecule has 6 atom stereocenters. The van der Waals surface area contributed by atoms with Crippen LogP contribution in [0.5, 0.6) is 0 Å². The molecule has 5 heterocycles. The van der Waals surface area contributed by atoms with Crippen molar-refractivity contribution >= 4 is 67.6 Å². The number of carbonyl (C=O) groups is 4. The van der Waals surface area contributed by atoms with E-state index < -0.39 is 18.2 Å². The molecule has 67 heavy (non-hydrogen) atoms. The summed E-state index contributed by atoms with van der Waals surface area (Å²) < 4.78 is 10.3. The first-order chi connectivity index (χ1) is 32.6. The molecule has 2 bridgehead atoms. The number of rotatable bonds is 9. The fourth-order valence-corrected chi connectivity index (χ4v) is 11.2. The van der Waals surface area contributed by atoms with Crippen molar-refractivity contribution in [2.45, 2.75) is 76.2 Å². The first-order valence-corrected chi connectivity index (χ1v) is 23.6. The molecular formula is C52H55N9O6. The molecule has 15 nitrogen and oxygen atoms in total. The number of piperidine rings is 1. The predicted molar refractivity (Wildman–Crippen MR) is 255 cm³/mol. The van der Waals surface area contributed by atoms with Crippen LogP contribution in [0.25, 0.3) is 54.7 Å². The van der Waals surface area contributed by atoms with Gasteiger partial charge in [-0.2, -0.15) is 0 Å². The van der Waals surface area contributed by atoms with E-state index in [9.17, 15) is 19.2 Å². The normalized spacial score (nSPS) is 21.5. The maximum Gasteiger partial charge on any atom is 0.407 e. The van der Waals surface area contributed by atoms with E-state index in [4.69, 9.17) is 19.4 Å². The Morgan fingerprint density at radius 3 is 2.06 bits per heavy atom. The Morgan fingerprint density at radius 2 is 1.40 bits per heavy atom. The molecule has 1 saturated carbocycles. The standard InChI is InChI=1S/C52H55N9O6/c1-29(2)42(58-52(65)66-3)50(63)61-36-16-11-35(28-36)46(61)48-54-40-20-15-34-27-32(13-18-38(34)45(40)56-48)31-12-17-37-33(26-31)14-19-39-44(37)55-47(53-39)41-10-7-21-60(41)49(62)43(30-8-5-4-6-9-30)57-51(64)59-22-24-67-25-23-59/h4-6,8-9,12-15,17-20,26-27,29,35-36,41-43,46H,7,10-11,16,21-25,28H2,1-3H3,(H,53,55)(H,54,56)(H,57,64)(H,58,65)/t35-,36+,41-,42?,43+,46-/m0/s1. The molecule has 5 amide bonds. The third kappa shape index (κ3) is 7.68. The predicted octanol–water partition coefficient (Wildman–Crippen LogP) is 8.29. The van der Waals surface area contributed by atoms with E-state index in [2.05, 4.69) is 81.3 Å². The van der Waals surface area contributed by atoms with Crippen molar-refractivity contribution in [2.75, 3.05) is 40.0 Å². The number of fused-ring (bicyclic) bond motifs is 8. The van der Waals surface area contributed by atoms with E-state index in [0.717, 1.165) is 104 Å². The maximum atomic E-state index is 14.5. The monoisotopic (exact) mass is 901 g/mol. The van der Waals surface area contributed by atoms with Crippen LogP contribution in [-0.2, 0) is 19.1 Å². The summed E-state index contributed by atoms with van der Waals surface area (Å²) in [6.45, 7) is 6.35. The lowest BCUT2D eigenvalue weighted by molar-refractivity contribution is -0.139. The number of hydrogen-bond acceptors (Lipinski definition) is 8. The number of nitrogens with one attached hydrogen (secondary N) is 4. The van der Waals surface area contributed by atoms with Gasteiger partial charge < -0.3 is 44.8 Å². The Hall–Kier alpha value is -7.00. The number of ether oxygens (including phenoxy) is 2. The van der Waals surface area contributed by atoms with Gasteiger partial charge in [-0.05, 0) is 95.7 Å². The van der Waals surface area contributed by atoms with E-state index in [1.807, 2.05) is 54.0 Å². The van der Waals surface area contributed by atoms with Gasteiger partial charge in [0.2, 0.25) is 11.8 Å². The molecule has 3 aliphatic heterocycles. The highest BCUT2D eigenvalue weighted by Crippen LogP contribution is 2.50. The van der Waals surface area contributed by atoms with Crippen molar-refractivity contribution < 1.29 is 28.7 Å². The van der Waals surface area contributed by atoms with Gasteiger partial charge in [-0.1, -0.05) is 80.6 Å². The molecule has 7 aromatic rings. The van der Waals surface area contributed by atoms with E-state index in [0.29, 0.717) is 38.8 Å². The lowest BCUT2D eigenvalue weighted by atomic mass is 9.95. The molecule has 11 rings (SSSR count). The van der Waals surface area contributed by atoms with Gasteiger partial charge >= 0.3 is 12.1 Å². The number of hydrogen-bond donors (Lipinski definition) is 4. The first-order valence-electron chi connectivity index (χ1n) is 23.6. The molecule has 4 fully saturated rings. The number of likely N-dealkylation sites (tertiary alicyclic amines) is 2. The summed E-state index contributed by atoms with van der Waals surface area (Å²) in [7, 11) is 1.31. The minimum absolute atomic E-state index is 0.0933. The van der Waals surface area contributed by atoms with Crippen LogP contribution in [0.2, 0.25) is 0 Å². The number of aromatic amines is 2. The number of nitrogens with zero attached hydrogens (tertiary/aromatic N) is 5. The van der Waals surface area contributed by atoms with Crippen molar-refractivity contribution in [3.05, 3.63) is 108 Å². The summed E-state index contributed by atoms with van der Waals surface area (Å²) >= 11 is 0. The minimum Gasteiger partial charge on any atom is -0.453 e.